The van der Waals surface area contributed by atoms with Crippen LogP contribution >= 0.6 is 11.8 Å². The summed E-state index contributed by atoms with van der Waals surface area (Å²) >= 11 is 1.78. The molecule has 2 aliphatic carbocycles. The highest BCUT2D eigenvalue weighted by Crippen LogP contribution is 2.52. The van der Waals surface area contributed by atoms with Crippen LogP contribution in [0.4, 0.5) is 0 Å². The molecule has 0 aromatic carbocycles. The third-order valence-corrected chi connectivity index (χ3v) is 6.40. The lowest BCUT2D eigenvalue weighted by Crippen LogP contribution is -2.44. The number of carbonyl (C=O) groups is 2. The highest BCUT2D eigenvalue weighted by Gasteiger charge is 2.58. The van der Waals surface area contributed by atoms with E-state index in [4.69, 9.17) is 0 Å². The molecule has 0 radical (unpaired) electrons. The number of carbonyl (C=O) groups excluding carboxylic acids is 2. The number of nitrogens with zero attached hydrogens (tertiary/aromatic N) is 2. The zero-order valence-corrected chi connectivity index (χ0v) is 16.0. The van der Waals surface area contributed by atoms with Crippen LogP contribution in [-0.4, -0.2) is 60.4 Å². The Morgan fingerprint density at radius 2 is 1.92 bits per heavy atom. The summed E-state index contributed by atoms with van der Waals surface area (Å²) in [6, 6.07) is 0. The minimum absolute atomic E-state index is 0.0200. The molecule has 2 bridgehead atoms. The lowest BCUT2D eigenvalue weighted by atomic mass is 9.85. The van der Waals surface area contributed by atoms with E-state index in [0.29, 0.717) is 18.3 Å². The van der Waals surface area contributed by atoms with Crippen LogP contribution in [0.15, 0.2) is 17.1 Å². The van der Waals surface area contributed by atoms with E-state index in [1.165, 1.54) is 4.90 Å². The summed E-state index contributed by atoms with van der Waals surface area (Å²) in [5.41, 5.74) is 0. The van der Waals surface area contributed by atoms with E-state index in [-0.39, 0.29) is 35.5 Å². The average Bonchev–Trinajstić information content (AvgIpc) is 3.28. The summed E-state index contributed by atoms with van der Waals surface area (Å²) in [4.78, 5) is 31.3. The second-order valence-corrected chi connectivity index (χ2v) is 8.30. The van der Waals surface area contributed by atoms with Crippen molar-refractivity contribution in [3.8, 4) is 0 Å². The van der Waals surface area contributed by atoms with E-state index in [2.05, 4.69) is 41.0 Å². The van der Waals surface area contributed by atoms with Crippen LogP contribution in [0.2, 0.25) is 0 Å². The van der Waals surface area contributed by atoms with Gasteiger partial charge in [0.1, 0.15) is 0 Å². The first kappa shape index (κ1) is 18.3. The lowest BCUT2D eigenvalue weighted by Gasteiger charge is -2.19. The second-order valence-electron chi connectivity index (χ2n) is 7.02. The molecular weight excluding hydrogens is 336 g/mol. The van der Waals surface area contributed by atoms with Gasteiger partial charge in [0.15, 0.2) is 5.96 Å². The first-order chi connectivity index (χ1) is 12.1. The molecule has 138 valence electrons. The van der Waals surface area contributed by atoms with Crippen molar-refractivity contribution in [2.75, 3.05) is 32.4 Å². The third-order valence-electron chi connectivity index (χ3n) is 5.44. The smallest absolute Gasteiger partial charge is 0.233 e. The largest absolute Gasteiger partial charge is 0.357 e. The molecule has 5 unspecified atom stereocenters. The number of aliphatic imine (C=N–C) groups is 1. The van der Waals surface area contributed by atoms with Crippen molar-refractivity contribution in [1.82, 2.24) is 15.5 Å². The SMILES string of the molecule is CCNC(=NCC(C)SC)NCCN1C(=O)C2C3C=CC(C3)C2C1=O. The van der Waals surface area contributed by atoms with Crippen molar-refractivity contribution in [3.05, 3.63) is 12.2 Å². The zero-order chi connectivity index (χ0) is 18.0. The number of likely N-dealkylation sites (tertiary alicyclic amines) is 1. The van der Waals surface area contributed by atoms with Gasteiger partial charge in [-0.3, -0.25) is 19.5 Å². The Bertz CT molecular complexity index is 562. The molecule has 2 amide bonds. The molecular formula is C18H28N4O2S. The number of thioether (sulfide) groups is 1. The van der Waals surface area contributed by atoms with Crippen LogP contribution in [0.3, 0.4) is 0 Å². The van der Waals surface area contributed by atoms with Gasteiger partial charge in [0.05, 0.1) is 18.4 Å². The number of imide groups is 1. The Morgan fingerprint density at radius 1 is 1.28 bits per heavy atom. The molecule has 3 rings (SSSR count). The number of rotatable bonds is 7. The molecule has 7 heteroatoms. The van der Waals surface area contributed by atoms with E-state index in [1.54, 1.807) is 11.8 Å². The van der Waals surface area contributed by atoms with Gasteiger partial charge < -0.3 is 10.6 Å². The Labute approximate surface area is 153 Å². The van der Waals surface area contributed by atoms with Gasteiger partial charge >= 0.3 is 0 Å². The number of amides is 2. The van der Waals surface area contributed by atoms with Gasteiger partial charge in [-0.2, -0.15) is 11.8 Å². The first-order valence-electron chi connectivity index (χ1n) is 9.15. The summed E-state index contributed by atoms with van der Waals surface area (Å²) in [7, 11) is 0. The second kappa shape index (κ2) is 7.81. The van der Waals surface area contributed by atoms with Gasteiger partial charge in [-0.1, -0.05) is 19.1 Å². The molecule has 6 nitrogen and oxygen atoms in total. The zero-order valence-electron chi connectivity index (χ0n) is 15.2. The highest BCUT2D eigenvalue weighted by molar-refractivity contribution is 7.99. The van der Waals surface area contributed by atoms with Crippen LogP contribution < -0.4 is 10.6 Å². The number of hydrogen-bond acceptors (Lipinski definition) is 4. The molecule has 1 aliphatic heterocycles. The van der Waals surface area contributed by atoms with Crippen molar-refractivity contribution in [3.63, 3.8) is 0 Å². The van der Waals surface area contributed by atoms with Gasteiger partial charge in [-0.05, 0) is 31.4 Å². The Morgan fingerprint density at radius 3 is 2.48 bits per heavy atom. The van der Waals surface area contributed by atoms with Crippen LogP contribution in [-0.2, 0) is 9.59 Å². The molecule has 25 heavy (non-hydrogen) atoms. The Balaban J connectivity index is 1.53. The van der Waals surface area contributed by atoms with E-state index in [9.17, 15) is 9.59 Å². The molecule has 5 atom stereocenters. The van der Waals surface area contributed by atoms with Crippen molar-refractivity contribution in [2.24, 2.45) is 28.7 Å². The number of nitrogens with one attached hydrogen (secondary N) is 2. The summed E-state index contributed by atoms with van der Waals surface area (Å²) in [6.45, 7) is 6.61. The average molecular weight is 365 g/mol. The van der Waals surface area contributed by atoms with Crippen LogP contribution in [0.25, 0.3) is 0 Å². The summed E-state index contributed by atoms with van der Waals surface area (Å²) in [5, 5.41) is 6.90. The van der Waals surface area contributed by atoms with Gasteiger partial charge in [-0.25, -0.2) is 0 Å². The van der Waals surface area contributed by atoms with Crippen molar-refractivity contribution in [2.45, 2.75) is 25.5 Å². The van der Waals surface area contributed by atoms with Gasteiger partial charge in [0.25, 0.3) is 0 Å². The van der Waals surface area contributed by atoms with Gasteiger partial charge in [0, 0.05) is 24.9 Å². The topological polar surface area (TPSA) is 73.8 Å². The molecule has 2 N–H and O–H groups in total. The third kappa shape index (κ3) is 3.57. The molecule has 2 fully saturated rings. The van der Waals surface area contributed by atoms with Crippen LogP contribution in [0.1, 0.15) is 20.3 Å². The molecule has 0 aromatic heterocycles. The van der Waals surface area contributed by atoms with Crippen molar-refractivity contribution < 1.29 is 9.59 Å². The van der Waals surface area contributed by atoms with Crippen molar-refractivity contribution in [1.29, 1.82) is 0 Å². The molecule has 1 heterocycles. The number of guanidine groups is 1. The maximum Gasteiger partial charge on any atom is 0.233 e. The van der Waals surface area contributed by atoms with E-state index < -0.39 is 0 Å². The van der Waals surface area contributed by atoms with Gasteiger partial charge in [-0.15, -0.1) is 0 Å². The highest BCUT2D eigenvalue weighted by atomic mass is 32.2. The molecule has 0 aromatic rings. The monoisotopic (exact) mass is 364 g/mol. The summed E-state index contributed by atoms with van der Waals surface area (Å²) in [5.74, 6) is 1.12. The van der Waals surface area contributed by atoms with Gasteiger partial charge in [0.2, 0.25) is 11.8 Å². The molecule has 3 aliphatic rings. The fourth-order valence-electron chi connectivity index (χ4n) is 4.11. The number of allylic oxidation sites excluding steroid dienone is 2. The van der Waals surface area contributed by atoms with Crippen LogP contribution in [0, 0.1) is 23.7 Å². The first-order valence-corrected chi connectivity index (χ1v) is 10.4. The van der Waals surface area contributed by atoms with Crippen LogP contribution in [0.5, 0.6) is 0 Å². The van der Waals surface area contributed by atoms with E-state index in [0.717, 1.165) is 25.5 Å². The fourth-order valence-corrected chi connectivity index (χ4v) is 4.33. The van der Waals surface area contributed by atoms with E-state index in [1.807, 2.05) is 6.92 Å². The van der Waals surface area contributed by atoms with Crippen molar-refractivity contribution >= 4 is 29.5 Å². The normalized spacial score (nSPS) is 31.6. The standard InChI is InChI=1S/C18H28N4O2S/c1-4-19-18(21-10-11(2)25-3)20-7-8-22-16(23)14-12-5-6-13(9-12)15(14)17(22)24/h5-6,11-15H,4,7-10H2,1-3H3,(H2,19,20,21). The maximum absolute atomic E-state index is 12.6. The summed E-state index contributed by atoms with van der Waals surface area (Å²) < 4.78 is 0. The summed E-state index contributed by atoms with van der Waals surface area (Å²) in [6.07, 6.45) is 7.30. The molecule has 0 spiro atoms. The predicted molar refractivity (Wildman–Crippen MR) is 101 cm³/mol. The fraction of sp³-hybridized carbons (Fsp3) is 0.722. The maximum atomic E-state index is 12.6. The van der Waals surface area contributed by atoms with E-state index >= 15 is 0 Å². The number of fused-ring (bicyclic) bond motifs is 5. The molecule has 1 saturated heterocycles. The Hall–Kier alpha value is -1.50. The lowest BCUT2D eigenvalue weighted by molar-refractivity contribution is -0.140. The number of hydrogen-bond donors (Lipinski definition) is 2. The molecule has 1 saturated carbocycles. The quantitative estimate of drug-likeness (QED) is 0.306. The Kier molecular flexibility index (Phi) is 5.71. The minimum atomic E-state index is -0.105. The predicted octanol–water partition coefficient (Wildman–Crippen LogP) is 1.10. The minimum Gasteiger partial charge on any atom is -0.357 e.